The van der Waals surface area contributed by atoms with E-state index < -0.39 is 18.4 Å². The lowest BCUT2D eigenvalue weighted by molar-refractivity contribution is 0.0475. The Kier molecular flexibility index (Phi) is 7.01. The molecule has 0 heterocycles. The summed E-state index contributed by atoms with van der Waals surface area (Å²) in [5.74, 6) is -0.728. The zero-order valence-electron chi connectivity index (χ0n) is 17.1. The highest BCUT2D eigenvalue weighted by Crippen LogP contribution is 2.25. The van der Waals surface area contributed by atoms with Gasteiger partial charge in [-0.1, -0.05) is 30.3 Å². The third kappa shape index (κ3) is 5.27. The van der Waals surface area contributed by atoms with E-state index in [1.165, 1.54) is 26.4 Å². The number of nitrogens with one attached hydrogen (secondary N) is 1. The minimum atomic E-state index is -0.737. The van der Waals surface area contributed by atoms with E-state index >= 15 is 0 Å². The second-order valence-electron chi connectivity index (χ2n) is 6.43. The second kappa shape index (κ2) is 10.1. The van der Waals surface area contributed by atoms with Gasteiger partial charge in [0.25, 0.3) is 5.91 Å². The highest BCUT2D eigenvalue weighted by Gasteiger charge is 2.19. The first-order valence-corrected chi connectivity index (χ1v) is 9.41. The van der Waals surface area contributed by atoms with Crippen LogP contribution in [0.15, 0.2) is 72.8 Å². The molecule has 0 atom stereocenters. The summed E-state index contributed by atoms with van der Waals surface area (Å²) in [5.41, 5.74) is 1.11. The maximum Gasteiger partial charge on any atom is 0.340 e. The molecule has 31 heavy (non-hydrogen) atoms. The van der Waals surface area contributed by atoms with Crippen LogP contribution in [0, 0.1) is 0 Å². The van der Waals surface area contributed by atoms with Gasteiger partial charge >= 0.3 is 5.97 Å². The summed E-state index contributed by atoms with van der Waals surface area (Å²) in [6.45, 7) is -0.497. The number of hydrogen-bond donors (Lipinski definition) is 1. The maximum atomic E-state index is 12.6. The number of amides is 1. The summed E-state index contributed by atoms with van der Waals surface area (Å²) in [6.07, 6.45) is 0. The SMILES string of the molecule is COc1ccc(OC)c(C(=O)COC(=O)c2ccccc2NC(=O)c2ccccc2)c1. The molecule has 0 aliphatic rings. The van der Waals surface area contributed by atoms with Crippen molar-refractivity contribution < 1.29 is 28.6 Å². The number of benzene rings is 3. The van der Waals surface area contributed by atoms with Crippen molar-refractivity contribution >= 4 is 23.3 Å². The molecule has 3 rings (SSSR count). The molecule has 0 bridgehead atoms. The Labute approximate surface area is 179 Å². The van der Waals surface area contributed by atoms with E-state index in [2.05, 4.69) is 5.32 Å². The molecule has 7 heteroatoms. The number of esters is 1. The van der Waals surface area contributed by atoms with Crippen molar-refractivity contribution in [3.05, 3.63) is 89.5 Å². The van der Waals surface area contributed by atoms with Crippen molar-refractivity contribution in [2.24, 2.45) is 0 Å². The van der Waals surface area contributed by atoms with E-state index in [1.54, 1.807) is 60.7 Å². The van der Waals surface area contributed by atoms with E-state index in [0.29, 0.717) is 17.1 Å². The lowest BCUT2D eigenvalue weighted by Gasteiger charge is -2.12. The molecule has 3 aromatic carbocycles. The van der Waals surface area contributed by atoms with Gasteiger partial charge in [-0.25, -0.2) is 4.79 Å². The highest BCUT2D eigenvalue weighted by atomic mass is 16.5. The Balaban J connectivity index is 1.72. The smallest absolute Gasteiger partial charge is 0.340 e. The van der Waals surface area contributed by atoms with Crippen LogP contribution >= 0.6 is 0 Å². The Hall–Kier alpha value is -4.13. The van der Waals surface area contributed by atoms with Crippen LogP contribution in [-0.4, -0.2) is 38.5 Å². The predicted molar refractivity (Wildman–Crippen MR) is 115 cm³/mol. The van der Waals surface area contributed by atoms with Crippen LogP contribution in [0.5, 0.6) is 11.5 Å². The van der Waals surface area contributed by atoms with Crippen molar-refractivity contribution in [2.75, 3.05) is 26.1 Å². The highest BCUT2D eigenvalue weighted by molar-refractivity contribution is 6.08. The van der Waals surface area contributed by atoms with Crippen LogP contribution in [0.2, 0.25) is 0 Å². The van der Waals surface area contributed by atoms with Gasteiger partial charge in [-0.05, 0) is 42.5 Å². The number of anilines is 1. The number of carbonyl (C=O) groups is 3. The van der Waals surface area contributed by atoms with E-state index in [-0.39, 0.29) is 22.7 Å². The van der Waals surface area contributed by atoms with Gasteiger partial charge in [0.2, 0.25) is 5.78 Å². The Bertz CT molecular complexity index is 1090. The van der Waals surface area contributed by atoms with E-state index in [0.717, 1.165) is 0 Å². The van der Waals surface area contributed by atoms with Gasteiger partial charge in [0.1, 0.15) is 11.5 Å². The zero-order valence-corrected chi connectivity index (χ0v) is 17.1. The summed E-state index contributed by atoms with van der Waals surface area (Å²) in [6, 6.07) is 19.8. The van der Waals surface area contributed by atoms with Crippen molar-refractivity contribution in [2.45, 2.75) is 0 Å². The molecule has 1 N–H and O–H groups in total. The molecule has 1 amide bonds. The van der Waals surface area contributed by atoms with Crippen LogP contribution in [0.4, 0.5) is 5.69 Å². The number of hydrogen-bond acceptors (Lipinski definition) is 6. The third-order valence-electron chi connectivity index (χ3n) is 4.47. The van der Waals surface area contributed by atoms with Crippen molar-refractivity contribution in [1.82, 2.24) is 0 Å². The summed E-state index contributed by atoms with van der Waals surface area (Å²) >= 11 is 0. The fraction of sp³-hybridized carbons (Fsp3) is 0.125. The van der Waals surface area contributed by atoms with Crippen molar-refractivity contribution in [3.8, 4) is 11.5 Å². The molecular weight excluding hydrogens is 398 g/mol. The number of ether oxygens (including phenoxy) is 3. The molecular formula is C24H21NO6. The zero-order chi connectivity index (χ0) is 22.2. The van der Waals surface area contributed by atoms with Crippen LogP contribution < -0.4 is 14.8 Å². The molecule has 0 aliphatic heterocycles. The van der Waals surface area contributed by atoms with Gasteiger partial charge in [-0.15, -0.1) is 0 Å². The topological polar surface area (TPSA) is 90.9 Å². The average Bonchev–Trinajstić information content (AvgIpc) is 2.82. The fourth-order valence-corrected chi connectivity index (χ4v) is 2.87. The van der Waals surface area contributed by atoms with Gasteiger partial charge in [-0.3, -0.25) is 9.59 Å². The predicted octanol–water partition coefficient (Wildman–Crippen LogP) is 4.00. The quantitative estimate of drug-likeness (QED) is 0.438. The molecule has 0 unspecified atom stereocenters. The summed E-state index contributed by atoms with van der Waals surface area (Å²) in [7, 11) is 2.92. The lowest BCUT2D eigenvalue weighted by atomic mass is 10.1. The second-order valence-corrected chi connectivity index (χ2v) is 6.43. The molecule has 0 saturated heterocycles. The van der Waals surface area contributed by atoms with Gasteiger partial charge in [0.05, 0.1) is 31.0 Å². The van der Waals surface area contributed by atoms with Crippen molar-refractivity contribution in [1.29, 1.82) is 0 Å². The first-order valence-electron chi connectivity index (χ1n) is 9.41. The van der Waals surface area contributed by atoms with Gasteiger partial charge in [-0.2, -0.15) is 0 Å². The minimum absolute atomic E-state index is 0.136. The van der Waals surface area contributed by atoms with E-state index in [1.807, 2.05) is 0 Å². The number of rotatable bonds is 8. The molecule has 158 valence electrons. The number of para-hydroxylation sites is 1. The summed E-state index contributed by atoms with van der Waals surface area (Å²) < 4.78 is 15.5. The fourth-order valence-electron chi connectivity index (χ4n) is 2.87. The maximum absolute atomic E-state index is 12.6. The normalized spacial score (nSPS) is 10.1. The van der Waals surface area contributed by atoms with Gasteiger partial charge in [0, 0.05) is 5.56 Å². The molecule has 0 spiro atoms. The van der Waals surface area contributed by atoms with Gasteiger partial charge < -0.3 is 19.5 Å². The Morgan fingerprint density at radius 3 is 2.23 bits per heavy atom. The van der Waals surface area contributed by atoms with Crippen LogP contribution in [0.25, 0.3) is 0 Å². The molecule has 0 fully saturated rings. The molecule has 0 aliphatic carbocycles. The Morgan fingerprint density at radius 1 is 0.806 bits per heavy atom. The van der Waals surface area contributed by atoms with Crippen LogP contribution in [0.1, 0.15) is 31.1 Å². The van der Waals surface area contributed by atoms with Gasteiger partial charge in [0.15, 0.2) is 6.61 Å². The number of carbonyl (C=O) groups excluding carboxylic acids is 3. The molecule has 0 radical (unpaired) electrons. The number of methoxy groups -OCH3 is 2. The van der Waals surface area contributed by atoms with E-state index in [4.69, 9.17) is 14.2 Å². The largest absolute Gasteiger partial charge is 0.497 e. The standard InChI is InChI=1S/C24H21NO6/c1-29-17-12-13-22(30-2)19(14-17)21(26)15-31-24(28)18-10-6-7-11-20(18)25-23(27)16-8-4-3-5-9-16/h3-14H,15H2,1-2H3,(H,25,27). The van der Waals surface area contributed by atoms with Crippen LogP contribution in [0.3, 0.4) is 0 Å². The average molecular weight is 419 g/mol. The molecule has 3 aromatic rings. The van der Waals surface area contributed by atoms with Crippen LogP contribution in [-0.2, 0) is 4.74 Å². The molecule has 7 nitrogen and oxygen atoms in total. The monoisotopic (exact) mass is 419 g/mol. The van der Waals surface area contributed by atoms with E-state index in [9.17, 15) is 14.4 Å². The number of ketones is 1. The summed E-state index contributed by atoms with van der Waals surface area (Å²) in [4.78, 5) is 37.6. The Morgan fingerprint density at radius 2 is 1.52 bits per heavy atom. The first kappa shape index (κ1) is 21.6. The summed E-state index contributed by atoms with van der Waals surface area (Å²) in [5, 5.41) is 2.70. The molecule has 0 saturated carbocycles. The third-order valence-corrected chi connectivity index (χ3v) is 4.47. The minimum Gasteiger partial charge on any atom is -0.497 e. The number of Topliss-reactive ketones (excluding diaryl/α,β-unsaturated/α-hetero) is 1. The molecule has 0 aromatic heterocycles. The lowest BCUT2D eigenvalue weighted by Crippen LogP contribution is -2.18. The van der Waals surface area contributed by atoms with Crippen molar-refractivity contribution in [3.63, 3.8) is 0 Å². The first-order chi connectivity index (χ1) is 15.0.